The molecular formula is C23H33N3O2. The van der Waals surface area contributed by atoms with Gasteiger partial charge in [0.1, 0.15) is 0 Å². The van der Waals surface area contributed by atoms with Crippen molar-refractivity contribution in [1.29, 1.82) is 0 Å². The van der Waals surface area contributed by atoms with Gasteiger partial charge in [0.25, 0.3) is 5.91 Å². The van der Waals surface area contributed by atoms with Crippen molar-refractivity contribution in [2.75, 3.05) is 18.0 Å². The quantitative estimate of drug-likeness (QED) is 0.837. The standard InChI is InChI=1S/C23H33N3O2/c1-22(2)17-10-11-23(22,3)19(13-17)25-21(28)15-6-8-18(9-7-15)26-12-4-5-16(14-26)20(24)27/h6-9,16-17,19H,4-5,10-14H2,1-3H3,(H2,24,27)(H,25,28)/t16-,17-,19+,23-/m0/s1. The highest BCUT2D eigenvalue weighted by atomic mass is 16.2. The molecule has 0 radical (unpaired) electrons. The Morgan fingerprint density at radius 1 is 1.14 bits per heavy atom. The van der Waals surface area contributed by atoms with E-state index in [0.717, 1.165) is 31.5 Å². The maximum absolute atomic E-state index is 12.9. The molecule has 2 bridgehead atoms. The highest BCUT2D eigenvalue weighted by Crippen LogP contribution is 2.65. The Labute approximate surface area is 168 Å². The molecule has 1 aromatic rings. The molecule has 1 aromatic carbocycles. The van der Waals surface area contributed by atoms with Gasteiger partial charge in [0, 0.05) is 30.4 Å². The maximum atomic E-state index is 12.9. The summed E-state index contributed by atoms with van der Waals surface area (Å²) >= 11 is 0. The predicted octanol–water partition coefficient (Wildman–Crippen LogP) is 3.33. The third-order valence-electron chi connectivity index (χ3n) is 8.42. The van der Waals surface area contributed by atoms with Crippen molar-refractivity contribution in [3.05, 3.63) is 29.8 Å². The lowest BCUT2D eigenvalue weighted by Crippen LogP contribution is -2.46. The Hall–Kier alpha value is -2.04. The molecule has 1 aliphatic heterocycles. The van der Waals surface area contributed by atoms with Gasteiger partial charge in [-0.1, -0.05) is 20.8 Å². The zero-order chi connectivity index (χ0) is 20.1. The molecule has 3 N–H and O–H groups in total. The van der Waals surface area contributed by atoms with E-state index in [4.69, 9.17) is 5.73 Å². The number of nitrogens with two attached hydrogens (primary N) is 1. The largest absolute Gasteiger partial charge is 0.371 e. The van der Waals surface area contributed by atoms with E-state index < -0.39 is 0 Å². The molecule has 4 atom stereocenters. The minimum Gasteiger partial charge on any atom is -0.371 e. The van der Waals surface area contributed by atoms with Crippen molar-refractivity contribution in [3.63, 3.8) is 0 Å². The molecule has 3 fully saturated rings. The van der Waals surface area contributed by atoms with Crippen molar-refractivity contribution in [1.82, 2.24) is 5.32 Å². The van der Waals surface area contributed by atoms with Crippen LogP contribution in [-0.4, -0.2) is 30.9 Å². The van der Waals surface area contributed by atoms with E-state index in [1.165, 1.54) is 12.8 Å². The van der Waals surface area contributed by atoms with Crippen LogP contribution >= 0.6 is 0 Å². The van der Waals surface area contributed by atoms with Gasteiger partial charge in [-0.05, 0) is 73.1 Å². The molecule has 152 valence electrons. The summed E-state index contributed by atoms with van der Waals surface area (Å²) < 4.78 is 0. The van der Waals surface area contributed by atoms with Crippen LogP contribution in [0.3, 0.4) is 0 Å². The van der Waals surface area contributed by atoms with Crippen molar-refractivity contribution < 1.29 is 9.59 Å². The van der Waals surface area contributed by atoms with Gasteiger partial charge < -0.3 is 16.0 Å². The molecule has 5 nitrogen and oxygen atoms in total. The van der Waals surface area contributed by atoms with Crippen LogP contribution in [0.4, 0.5) is 5.69 Å². The summed E-state index contributed by atoms with van der Waals surface area (Å²) in [7, 11) is 0. The van der Waals surface area contributed by atoms with Crippen LogP contribution in [0.5, 0.6) is 0 Å². The van der Waals surface area contributed by atoms with E-state index in [1.54, 1.807) is 0 Å². The normalized spacial score (nSPS) is 33.7. The molecule has 4 rings (SSSR count). The molecule has 2 amide bonds. The molecule has 0 aromatic heterocycles. The van der Waals surface area contributed by atoms with Gasteiger partial charge in [-0.3, -0.25) is 9.59 Å². The van der Waals surface area contributed by atoms with Crippen LogP contribution in [0.1, 0.15) is 63.2 Å². The summed E-state index contributed by atoms with van der Waals surface area (Å²) in [5.74, 6) is 0.429. The fourth-order valence-electron chi connectivity index (χ4n) is 5.93. The second-order valence-corrected chi connectivity index (χ2v) is 9.87. The SMILES string of the molecule is CC1(C)[C@H]2CC[C@@]1(C)[C@H](NC(=O)c1ccc(N3CCC[C@H](C(N)=O)C3)cc1)C2. The van der Waals surface area contributed by atoms with Gasteiger partial charge in [-0.15, -0.1) is 0 Å². The Bertz CT molecular complexity index is 773. The number of nitrogens with zero attached hydrogens (tertiary/aromatic N) is 1. The number of amides is 2. The predicted molar refractivity (Wildman–Crippen MR) is 111 cm³/mol. The molecule has 1 saturated heterocycles. The summed E-state index contributed by atoms with van der Waals surface area (Å²) in [4.78, 5) is 26.6. The average Bonchev–Trinajstić information content (AvgIpc) is 3.01. The second kappa shape index (κ2) is 6.78. The lowest BCUT2D eigenvalue weighted by atomic mass is 9.69. The molecule has 1 heterocycles. The minimum absolute atomic E-state index is 0.0229. The van der Waals surface area contributed by atoms with E-state index in [0.29, 0.717) is 23.4 Å². The van der Waals surface area contributed by atoms with Crippen LogP contribution in [0.2, 0.25) is 0 Å². The summed E-state index contributed by atoms with van der Waals surface area (Å²) in [5, 5.41) is 3.33. The van der Waals surface area contributed by atoms with E-state index in [-0.39, 0.29) is 29.2 Å². The Balaban J connectivity index is 1.42. The van der Waals surface area contributed by atoms with E-state index in [9.17, 15) is 9.59 Å². The topological polar surface area (TPSA) is 75.4 Å². The Kier molecular flexibility index (Phi) is 4.67. The zero-order valence-corrected chi connectivity index (χ0v) is 17.3. The molecule has 2 saturated carbocycles. The number of benzene rings is 1. The van der Waals surface area contributed by atoms with Crippen molar-refractivity contribution >= 4 is 17.5 Å². The van der Waals surface area contributed by atoms with Crippen LogP contribution in [-0.2, 0) is 4.79 Å². The minimum atomic E-state index is -0.219. The van der Waals surface area contributed by atoms with Crippen LogP contribution < -0.4 is 16.0 Å². The number of rotatable bonds is 4. The van der Waals surface area contributed by atoms with Gasteiger partial charge in [0.2, 0.25) is 5.91 Å². The van der Waals surface area contributed by atoms with Gasteiger partial charge in [-0.2, -0.15) is 0 Å². The van der Waals surface area contributed by atoms with Crippen LogP contribution in [0, 0.1) is 22.7 Å². The lowest BCUT2D eigenvalue weighted by Gasteiger charge is -2.39. The highest BCUT2D eigenvalue weighted by molar-refractivity contribution is 5.94. The van der Waals surface area contributed by atoms with Gasteiger partial charge in [0.05, 0.1) is 5.92 Å². The fourth-order valence-corrected chi connectivity index (χ4v) is 5.93. The van der Waals surface area contributed by atoms with Crippen molar-refractivity contribution in [2.24, 2.45) is 28.4 Å². The summed E-state index contributed by atoms with van der Waals surface area (Å²) in [6.45, 7) is 8.66. The number of nitrogens with one attached hydrogen (secondary N) is 1. The van der Waals surface area contributed by atoms with Gasteiger partial charge >= 0.3 is 0 Å². The van der Waals surface area contributed by atoms with Gasteiger partial charge in [0.15, 0.2) is 0 Å². The molecule has 28 heavy (non-hydrogen) atoms. The number of carbonyl (C=O) groups excluding carboxylic acids is 2. The summed E-state index contributed by atoms with van der Waals surface area (Å²) in [6, 6.07) is 8.04. The number of piperidine rings is 1. The van der Waals surface area contributed by atoms with Crippen LogP contribution in [0.15, 0.2) is 24.3 Å². The number of anilines is 1. The summed E-state index contributed by atoms with van der Waals surface area (Å²) in [5.41, 5.74) is 7.72. The molecule has 0 spiro atoms. The smallest absolute Gasteiger partial charge is 0.251 e. The highest BCUT2D eigenvalue weighted by Gasteiger charge is 2.61. The number of primary amides is 1. The van der Waals surface area contributed by atoms with E-state index >= 15 is 0 Å². The van der Waals surface area contributed by atoms with E-state index in [2.05, 4.69) is 31.0 Å². The molecule has 0 unspecified atom stereocenters. The monoisotopic (exact) mass is 383 g/mol. The molecular weight excluding hydrogens is 350 g/mol. The summed E-state index contributed by atoms with van der Waals surface area (Å²) in [6.07, 6.45) is 5.41. The fraction of sp³-hybridized carbons (Fsp3) is 0.652. The number of hydrogen-bond donors (Lipinski definition) is 2. The molecule has 2 aliphatic carbocycles. The van der Waals surface area contributed by atoms with E-state index in [1.807, 2.05) is 24.3 Å². The van der Waals surface area contributed by atoms with Crippen molar-refractivity contribution in [2.45, 2.75) is 58.9 Å². The number of fused-ring (bicyclic) bond motifs is 2. The lowest BCUT2D eigenvalue weighted by molar-refractivity contribution is -0.122. The third-order valence-corrected chi connectivity index (χ3v) is 8.42. The van der Waals surface area contributed by atoms with Gasteiger partial charge in [-0.25, -0.2) is 0 Å². The first-order chi connectivity index (χ1) is 13.2. The first-order valence-corrected chi connectivity index (χ1v) is 10.7. The Morgan fingerprint density at radius 3 is 2.43 bits per heavy atom. The third kappa shape index (κ3) is 2.99. The Morgan fingerprint density at radius 2 is 1.86 bits per heavy atom. The average molecular weight is 384 g/mol. The second-order valence-electron chi connectivity index (χ2n) is 9.87. The maximum Gasteiger partial charge on any atom is 0.251 e. The molecule has 5 heteroatoms. The first-order valence-electron chi connectivity index (χ1n) is 10.7. The zero-order valence-electron chi connectivity index (χ0n) is 17.3. The van der Waals surface area contributed by atoms with Crippen LogP contribution in [0.25, 0.3) is 0 Å². The molecule has 3 aliphatic rings. The van der Waals surface area contributed by atoms with Crippen molar-refractivity contribution in [3.8, 4) is 0 Å². The number of hydrogen-bond acceptors (Lipinski definition) is 3. The number of carbonyl (C=O) groups is 2. The first kappa shape index (κ1) is 19.3.